The predicted octanol–water partition coefficient (Wildman–Crippen LogP) is 3.39. The maximum absolute atomic E-state index is 8.62. The number of aliphatic hydroxyl groups is 1. The largest absolute Gasteiger partial charge is 0.396 e. The van der Waals surface area contributed by atoms with Crippen molar-refractivity contribution in [1.29, 1.82) is 0 Å². The van der Waals surface area contributed by atoms with Gasteiger partial charge in [0.25, 0.3) is 0 Å². The zero-order valence-corrected chi connectivity index (χ0v) is 10.2. The summed E-state index contributed by atoms with van der Waals surface area (Å²) >= 11 is 1.98. The highest BCUT2D eigenvalue weighted by Gasteiger charge is 1.94. The Labute approximate surface area is 96.9 Å². The van der Waals surface area contributed by atoms with Crippen LogP contribution in [0.3, 0.4) is 0 Å². The number of rotatable bonds is 7. The number of unbranched alkanes of at least 4 members (excludes halogenated alkanes) is 2. The van der Waals surface area contributed by atoms with E-state index >= 15 is 0 Å². The zero-order chi connectivity index (χ0) is 10.9. The molecule has 15 heavy (non-hydrogen) atoms. The Bertz CT molecular complexity index is 273. The molecule has 0 spiro atoms. The van der Waals surface area contributed by atoms with Crippen LogP contribution in [0.1, 0.15) is 30.4 Å². The molecule has 0 saturated carbocycles. The fourth-order valence-electron chi connectivity index (χ4n) is 1.48. The van der Waals surface area contributed by atoms with Crippen molar-refractivity contribution in [1.82, 2.24) is 0 Å². The summed E-state index contributed by atoms with van der Waals surface area (Å²) in [4.78, 5) is 0. The fourth-order valence-corrected chi connectivity index (χ4v) is 2.45. The lowest BCUT2D eigenvalue weighted by Gasteiger charge is -2.02. The third-order valence-corrected chi connectivity index (χ3v) is 3.41. The summed E-state index contributed by atoms with van der Waals surface area (Å²) in [6, 6.07) is 8.70. The summed E-state index contributed by atoms with van der Waals surface area (Å²) in [6.07, 6.45) is 3.32. The van der Waals surface area contributed by atoms with Crippen molar-refractivity contribution in [2.45, 2.75) is 31.9 Å². The van der Waals surface area contributed by atoms with Gasteiger partial charge < -0.3 is 5.11 Å². The number of aryl methyl sites for hydroxylation is 1. The summed E-state index contributed by atoms with van der Waals surface area (Å²) < 4.78 is 0. The van der Waals surface area contributed by atoms with E-state index in [0.717, 1.165) is 18.6 Å². The van der Waals surface area contributed by atoms with Gasteiger partial charge >= 0.3 is 0 Å². The van der Waals surface area contributed by atoms with Crippen LogP contribution < -0.4 is 0 Å². The molecular formula is C13H20OS. The SMILES string of the molecule is Cc1cccc(CSCCCCCO)c1. The molecule has 0 aliphatic heterocycles. The summed E-state index contributed by atoms with van der Waals surface area (Å²) in [7, 11) is 0. The van der Waals surface area contributed by atoms with Gasteiger partial charge in [-0.3, -0.25) is 0 Å². The Morgan fingerprint density at radius 3 is 2.80 bits per heavy atom. The van der Waals surface area contributed by atoms with Crippen LogP contribution in [0, 0.1) is 6.92 Å². The van der Waals surface area contributed by atoms with Crippen LogP contribution in [0.25, 0.3) is 0 Å². The van der Waals surface area contributed by atoms with E-state index in [9.17, 15) is 0 Å². The van der Waals surface area contributed by atoms with Crippen molar-refractivity contribution in [3.63, 3.8) is 0 Å². The zero-order valence-electron chi connectivity index (χ0n) is 9.41. The van der Waals surface area contributed by atoms with Gasteiger partial charge in [0.1, 0.15) is 0 Å². The molecule has 0 fully saturated rings. The molecule has 84 valence electrons. The average molecular weight is 224 g/mol. The number of benzene rings is 1. The third kappa shape index (κ3) is 5.85. The molecule has 0 aliphatic carbocycles. The molecule has 0 saturated heterocycles. The minimum atomic E-state index is 0.336. The second kappa shape index (κ2) is 7.77. The maximum Gasteiger partial charge on any atom is 0.0431 e. The molecule has 2 heteroatoms. The van der Waals surface area contributed by atoms with Gasteiger partial charge in [-0.15, -0.1) is 0 Å². The van der Waals surface area contributed by atoms with E-state index in [2.05, 4.69) is 31.2 Å². The summed E-state index contributed by atoms with van der Waals surface area (Å²) in [5, 5.41) is 8.62. The lowest BCUT2D eigenvalue weighted by molar-refractivity contribution is 0.284. The van der Waals surface area contributed by atoms with Crippen LogP contribution in [0.5, 0.6) is 0 Å². The van der Waals surface area contributed by atoms with Crippen molar-refractivity contribution in [3.05, 3.63) is 35.4 Å². The van der Waals surface area contributed by atoms with Gasteiger partial charge in [0.2, 0.25) is 0 Å². The minimum absolute atomic E-state index is 0.336. The van der Waals surface area contributed by atoms with Gasteiger partial charge in [0, 0.05) is 12.4 Å². The van der Waals surface area contributed by atoms with Crippen LogP contribution in [0.4, 0.5) is 0 Å². The minimum Gasteiger partial charge on any atom is -0.396 e. The highest BCUT2D eigenvalue weighted by atomic mass is 32.2. The second-order valence-corrected chi connectivity index (χ2v) is 4.93. The van der Waals surface area contributed by atoms with E-state index in [1.807, 2.05) is 11.8 Å². The quantitative estimate of drug-likeness (QED) is 0.716. The summed E-state index contributed by atoms with van der Waals surface area (Å²) in [5.74, 6) is 2.31. The van der Waals surface area contributed by atoms with Crippen LogP contribution in [0.2, 0.25) is 0 Å². The standard InChI is InChI=1S/C13H20OS/c1-12-6-5-7-13(10-12)11-15-9-4-2-3-8-14/h5-7,10,14H,2-4,8-9,11H2,1H3. The van der Waals surface area contributed by atoms with Crippen molar-refractivity contribution in [2.75, 3.05) is 12.4 Å². The second-order valence-electron chi connectivity index (χ2n) is 3.83. The van der Waals surface area contributed by atoms with Crippen LogP contribution in [-0.4, -0.2) is 17.5 Å². The molecule has 0 amide bonds. The van der Waals surface area contributed by atoms with Gasteiger partial charge in [0.15, 0.2) is 0 Å². The molecule has 1 rings (SSSR count). The molecule has 0 aliphatic rings. The fraction of sp³-hybridized carbons (Fsp3) is 0.538. The molecule has 0 atom stereocenters. The summed E-state index contributed by atoms with van der Waals surface area (Å²) in [5.41, 5.74) is 2.76. The van der Waals surface area contributed by atoms with E-state index in [-0.39, 0.29) is 0 Å². The third-order valence-electron chi connectivity index (χ3n) is 2.30. The highest BCUT2D eigenvalue weighted by Crippen LogP contribution is 2.15. The maximum atomic E-state index is 8.62. The normalized spacial score (nSPS) is 10.5. The highest BCUT2D eigenvalue weighted by molar-refractivity contribution is 7.98. The first-order chi connectivity index (χ1) is 7.33. The monoisotopic (exact) mass is 224 g/mol. The van der Waals surface area contributed by atoms with Crippen LogP contribution in [0.15, 0.2) is 24.3 Å². The predicted molar refractivity (Wildman–Crippen MR) is 68.3 cm³/mol. The van der Waals surface area contributed by atoms with E-state index in [0.29, 0.717) is 6.61 Å². The smallest absolute Gasteiger partial charge is 0.0431 e. The first-order valence-corrected chi connectivity index (χ1v) is 6.72. The Morgan fingerprint density at radius 1 is 1.20 bits per heavy atom. The Morgan fingerprint density at radius 2 is 2.07 bits per heavy atom. The van der Waals surface area contributed by atoms with E-state index in [1.165, 1.54) is 23.3 Å². The molecule has 1 aromatic carbocycles. The average Bonchev–Trinajstić information content (AvgIpc) is 2.23. The van der Waals surface area contributed by atoms with Crippen LogP contribution >= 0.6 is 11.8 Å². The van der Waals surface area contributed by atoms with Crippen molar-refractivity contribution in [2.24, 2.45) is 0 Å². The van der Waals surface area contributed by atoms with Gasteiger partial charge in [0.05, 0.1) is 0 Å². The van der Waals surface area contributed by atoms with E-state index < -0.39 is 0 Å². The number of hydrogen-bond donors (Lipinski definition) is 1. The molecule has 0 aromatic heterocycles. The first kappa shape index (κ1) is 12.6. The Hall–Kier alpha value is -0.470. The number of thioether (sulfide) groups is 1. The van der Waals surface area contributed by atoms with Gasteiger partial charge in [-0.2, -0.15) is 11.8 Å². The molecular weight excluding hydrogens is 204 g/mol. The van der Waals surface area contributed by atoms with Gasteiger partial charge in [-0.25, -0.2) is 0 Å². The number of aliphatic hydroxyl groups excluding tert-OH is 1. The summed E-state index contributed by atoms with van der Waals surface area (Å²) in [6.45, 7) is 2.47. The molecule has 0 heterocycles. The molecule has 1 nitrogen and oxygen atoms in total. The molecule has 1 N–H and O–H groups in total. The molecule has 0 bridgehead atoms. The van der Waals surface area contributed by atoms with Crippen molar-refractivity contribution >= 4 is 11.8 Å². The van der Waals surface area contributed by atoms with E-state index in [4.69, 9.17) is 5.11 Å². The molecule has 0 radical (unpaired) electrons. The van der Waals surface area contributed by atoms with Gasteiger partial charge in [-0.1, -0.05) is 36.2 Å². The number of hydrogen-bond acceptors (Lipinski definition) is 2. The lowest BCUT2D eigenvalue weighted by Crippen LogP contribution is -1.87. The van der Waals surface area contributed by atoms with Gasteiger partial charge in [-0.05, 0) is 31.1 Å². The lowest BCUT2D eigenvalue weighted by atomic mass is 10.2. The Balaban J connectivity index is 2.10. The Kier molecular flexibility index (Phi) is 6.53. The van der Waals surface area contributed by atoms with Crippen molar-refractivity contribution < 1.29 is 5.11 Å². The van der Waals surface area contributed by atoms with Crippen molar-refractivity contribution in [3.8, 4) is 0 Å². The molecule has 0 unspecified atom stereocenters. The topological polar surface area (TPSA) is 20.2 Å². The van der Waals surface area contributed by atoms with Crippen LogP contribution in [-0.2, 0) is 5.75 Å². The first-order valence-electron chi connectivity index (χ1n) is 5.57. The molecule has 1 aromatic rings. The van der Waals surface area contributed by atoms with E-state index in [1.54, 1.807) is 0 Å².